The minimum Gasteiger partial charge on any atom is -0.389 e. The first-order valence-electron chi connectivity index (χ1n) is 6.76. The second-order valence-electron chi connectivity index (χ2n) is 4.78. The van der Waals surface area contributed by atoms with Gasteiger partial charge < -0.3 is 15.5 Å². The lowest BCUT2D eigenvalue weighted by molar-refractivity contribution is 0.639. The van der Waals surface area contributed by atoms with E-state index in [4.69, 9.17) is 18.0 Å². The molecule has 1 saturated heterocycles. The highest BCUT2D eigenvalue weighted by molar-refractivity contribution is 7.80. The molecule has 1 aliphatic heterocycles. The molecule has 0 saturated carbocycles. The van der Waals surface area contributed by atoms with E-state index < -0.39 is 0 Å². The number of hydrogen-bond donors (Lipinski definition) is 1. The molecule has 108 valence electrons. The highest BCUT2D eigenvalue weighted by Crippen LogP contribution is 2.21. The number of nitrogens with two attached hydrogens (primary N) is 1. The molecule has 0 amide bonds. The molecule has 0 spiro atoms. The standard InChI is InChI=1S/C14H16N6S/c15-13(21)11-2-5-16-10-12(11)19-6-8-20(9-7-19)14-17-3-1-4-18-14/h1-5,10H,6-9H2,(H2,15,21). The molecule has 1 fully saturated rings. The molecule has 0 atom stereocenters. The number of aromatic nitrogens is 3. The van der Waals surface area contributed by atoms with E-state index in [2.05, 4.69) is 24.8 Å². The maximum absolute atomic E-state index is 5.79. The van der Waals surface area contributed by atoms with Crippen LogP contribution in [0, 0.1) is 0 Å². The summed E-state index contributed by atoms with van der Waals surface area (Å²) >= 11 is 5.11. The number of piperazine rings is 1. The van der Waals surface area contributed by atoms with Gasteiger partial charge in [0.2, 0.25) is 5.95 Å². The molecule has 2 N–H and O–H groups in total. The zero-order chi connectivity index (χ0) is 14.7. The van der Waals surface area contributed by atoms with Crippen molar-refractivity contribution in [1.82, 2.24) is 15.0 Å². The number of rotatable bonds is 3. The largest absolute Gasteiger partial charge is 0.389 e. The molecular formula is C14H16N6S. The molecule has 0 unspecified atom stereocenters. The Morgan fingerprint density at radius 3 is 2.38 bits per heavy atom. The van der Waals surface area contributed by atoms with E-state index in [1.807, 2.05) is 18.3 Å². The summed E-state index contributed by atoms with van der Waals surface area (Å²) in [6.45, 7) is 3.44. The molecule has 0 bridgehead atoms. The highest BCUT2D eigenvalue weighted by Gasteiger charge is 2.21. The Morgan fingerprint density at radius 1 is 1.05 bits per heavy atom. The number of hydrogen-bond acceptors (Lipinski definition) is 6. The van der Waals surface area contributed by atoms with Crippen molar-refractivity contribution in [1.29, 1.82) is 0 Å². The third kappa shape index (κ3) is 2.92. The van der Waals surface area contributed by atoms with E-state index >= 15 is 0 Å². The Morgan fingerprint density at radius 2 is 1.71 bits per heavy atom. The number of nitrogens with zero attached hydrogens (tertiary/aromatic N) is 5. The number of thiocarbonyl (C=S) groups is 1. The minimum atomic E-state index is 0.404. The van der Waals surface area contributed by atoms with Crippen LogP contribution in [-0.4, -0.2) is 46.1 Å². The highest BCUT2D eigenvalue weighted by atomic mass is 32.1. The molecule has 2 aromatic heterocycles. The smallest absolute Gasteiger partial charge is 0.225 e. The summed E-state index contributed by atoms with van der Waals surface area (Å²) in [6.07, 6.45) is 7.07. The summed E-state index contributed by atoms with van der Waals surface area (Å²) in [7, 11) is 0. The predicted octanol–water partition coefficient (Wildman–Crippen LogP) is 0.832. The van der Waals surface area contributed by atoms with Crippen LogP contribution in [-0.2, 0) is 0 Å². The summed E-state index contributed by atoms with van der Waals surface area (Å²) < 4.78 is 0. The van der Waals surface area contributed by atoms with Gasteiger partial charge in [0.1, 0.15) is 4.99 Å². The monoisotopic (exact) mass is 300 g/mol. The van der Waals surface area contributed by atoms with E-state index in [1.54, 1.807) is 18.6 Å². The van der Waals surface area contributed by atoms with Gasteiger partial charge >= 0.3 is 0 Å². The Hall–Kier alpha value is -2.28. The maximum Gasteiger partial charge on any atom is 0.225 e. The van der Waals surface area contributed by atoms with Crippen molar-refractivity contribution in [2.24, 2.45) is 5.73 Å². The first-order chi connectivity index (χ1) is 10.3. The first kappa shape index (κ1) is 13.7. The molecule has 3 rings (SSSR count). The summed E-state index contributed by atoms with van der Waals surface area (Å²) in [5.74, 6) is 0.776. The van der Waals surface area contributed by atoms with Gasteiger partial charge in [0.15, 0.2) is 0 Å². The average molecular weight is 300 g/mol. The quantitative estimate of drug-likeness (QED) is 0.842. The van der Waals surface area contributed by atoms with Crippen LogP contribution in [0.1, 0.15) is 5.56 Å². The van der Waals surface area contributed by atoms with Gasteiger partial charge in [0.05, 0.1) is 11.9 Å². The Bertz CT molecular complexity index is 624. The molecule has 0 aliphatic carbocycles. The van der Waals surface area contributed by atoms with Gasteiger partial charge in [-0.2, -0.15) is 0 Å². The van der Waals surface area contributed by atoms with Crippen LogP contribution in [0.25, 0.3) is 0 Å². The van der Waals surface area contributed by atoms with Crippen molar-refractivity contribution in [3.63, 3.8) is 0 Å². The topological polar surface area (TPSA) is 71.2 Å². The summed E-state index contributed by atoms with van der Waals surface area (Å²) in [6, 6.07) is 3.69. The Kier molecular flexibility index (Phi) is 3.92. The van der Waals surface area contributed by atoms with Crippen LogP contribution in [0.5, 0.6) is 0 Å². The van der Waals surface area contributed by atoms with Crippen LogP contribution in [0.3, 0.4) is 0 Å². The first-order valence-corrected chi connectivity index (χ1v) is 7.17. The van der Waals surface area contributed by atoms with Crippen molar-refractivity contribution in [3.8, 4) is 0 Å². The van der Waals surface area contributed by atoms with E-state index in [9.17, 15) is 0 Å². The zero-order valence-corrected chi connectivity index (χ0v) is 12.3. The van der Waals surface area contributed by atoms with Gasteiger partial charge in [-0.3, -0.25) is 4.98 Å². The lowest BCUT2D eigenvalue weighted by atomic mass is 10.2. The van der Waals surface area contributed by atoms with Crippen LogP contribution >= 0.6 is 12.2 Å². The second-order valence-corrected chi connectivity index (χ2v) is 5.22. The number of anilines is 2. The van der Waals surface area contributed by atoms with Crippen molar-refractivity contribution in [3.05, 3.63) is 42.5 Å². The molecule has 0 radical (unpaired) electrons. The average Bonchev–Trinajstić information content (AvgIpc) is 2.56. The molecule has 3 heterocycles. The lowest BCUT2D eigenvalue weighted by Crippen LogP contribution is -2.47. The van der Waals surface area contributed by atoms with Crippen LogP contribution in [0.15, 0.2) is 36.9 Å². The van der Waals surface area contributed by atoms with Crippen LogP contribution < -0.4 is 15.5 Å². The van der Waals surface area contributed by atoms with E-state index in [1.165, 1.54) is 0 Å². The minimum absolute atomic E-state index is 0.404. The van der Waals surface area contributed by atoms with Gasteiger partial charge in [-0.15, -0.1) is 0 Å². The van der Waals surface area contributed by atoms with Crippen molar-refractivity contribution < 1.29 is 0 Å². The lowest BCUT2D eigenvalue weighted by Gasteiger charge is -2.36. The third-order valence-corrected chi connectivity index (χ3v) is 3.74. The predicted molar refractivity (Wildman–Crippen MR) is 86.6 cm³/mol. The zero-order valence-electron chi connectivity index (χ0n) is 11.5. The van der Waals surface area contributed by atoms with Crippen molar-refractivity contribution in [2.45, 2.75) is 0 Å². The fourth-order valence-electron chi connectivity index (χ4n) is 2.45. The van der Waals surface area contributed by atoms with Gasteiger partial charge in [0.25, 0.3) is 0 Å². The van der Waals surface area contributed by atoms with E-state index in [0.717, 1.165) is 43.4 Å². The van der Waals surface area contributed by atoms with E-state index in [0.29, 0.717) is 4.99 Å². The SMILES string of the molecule is NC(=S)c1ccncc1N1CCN(c2ncccn2)CC1. The van der Waals surface area contributed by atoms with Crippen LogP contribution in [0.2, 0.25) is 0 Å². The fourth-order valence-corrected chi connectivity index (χ4v) is 2.62. The van der Waals surface area contributed by atoms with Crippen molar-refractivity contribution in [2.75, 3.05) is 36.0 Å². The molecule has 0 aromatic carbocycles. The van der Waals surface area contributed by atoms with Gasteiger partial charge in [-0.05, 0) is 12.1 Å². The number of pyridine rings is 1. The maximum atomic E-state index is 5.79. The summed E-state index contributed by atoms with van der Waals surface area (Å²) in [5.41, 5.74) is 7.66. The normalized spacial score (nSPS) is 15.0. The third-order valence-electron chi connectivity index (χ3n) is 3.52. The Balaban J connectivity index is 1.73. The van der Waals surface area contributed by atoms with Gasteiger partial charge in [-0.25, -0.2) is 9.97 Å². The van der Waals surface area contributed by atoms with Crippen LogP contribution in [0.4, 0.5) is 11.6 Å². The molecular weight excluding hydrogens is 284 g/mol. The molecule has 21 heavy (non-hydrogen) atoms. The second kappa shape index (κ2) is 6.01. The molecule has 2 aromatic rings. The molecule has 1 aliphatic rings. The van der Waals surface area contributed by atoms with Gasteiger partial charge in [0, 0.05) is 50.3 Å². The Labute approximate surface area is 128 Å². The summed E-state index contributed by atoms with van der Waals surface area (Å²) in [5, 5.41) is 0. The fraction of sp³-hybridized carbons (Fsp3) is 0.286. The van der Waals surface area contributed by atoms with Crippen molar-refractivity contribution >= 4 is 28.8 Å². The van der Waals surface area contributed by atoms with E-state index in [-0.39, 0.29) is 0 Å². The molecule has 6 nitrogen and oxygen atoms in total. The van der Waals surface area contributed by atoms with Gasteiger partial charge in [-0.1, -0.05) is 12.2 Å². The summed E-state index contributed by atoms with van der Waals surface area (Å²) in [4.78, 5) is 17.6. The molecule has 7 heteroatoms.